The number of ether oxygens (including phenoxy) is 1. The van der Waals surface area contributed by atoms with Gasteiger partial charge in [-0.2, -0.15) is 5.90 Å². The van der Waals surface area contributed by atoms with Crippen molar-refractivity contribution in [2.24, 2.45) is 5.90 Å². The number of nitrogens with two attached hydrogens (primary N) is 1. The van der Waals surface area contributed by atoms with Crippen LogP contribution in [-0.2, 0) is 0 Å². The Morgan fingerprint density at radius 3 is 2.70 bits per heavy atom. The van der Waals surface area contributed by atoms with E-state index in [4.69, 9.17) is 15.5 Å². The number of hydrogen-bond donors (Lipinski definition) is 2. The van der Waals surface area contributed by atoms with Crippen molar-refractivity contribution in [3.63, 3.8) is 0 Å². The van der Waals surface area contributed by atoms with Crippen LogP contribution in [0.3, 0.4) is 0 Å². The molecule has 0 bridgehead atoms. The molecule has 2 heterocycles. The number of methoxy groups -OCH3 is 1. The largest absolute Gasteiger partial charge is 0.497 e. The molecule has 23 heavy (non-hydrogen) atoms. The summed E-state index contributed by atoms with van der Waals surface area (Å²) in [5.41, 5.74) is 1.49. The molecule has 0 saturated carbocycles. The molecule has 120 valence electrons. The van der Waals surface area contributed by atoms with E-state index in [1.54, 1.807) is 18.4 Å². The van der Waals surface area contributed by atoms with Gasteiger partial charge in [0.1, 0.15) is 11.4 Å². The van der Waals surface area contributed by atoms with Crippen molar-refractivity contribution in [1.82, 2.24) is 9.97 Å². The average molecular weight is 330 g/mol. The van der Waals surface area contributed by atoms with Gasteiger partial charge in [-0.15, -0.1) is 11.3 Å². The number of nitrogens with one attached hydrogen (secondary N) is 1. The van der Waals surface area contributed by atoms with Crippen LogP contribution in [0.4, 0.5) is 5.13 Å². The maximum absolute atomic E-state index is 5.38. The molecule has 0 radical (unpaired) electrons. The Labute approximate surface area is 138 Å². The van der Waals surface area contributed by atoms with Crippen molar-refractivity contribution in [3.05, 3.63) is 29.6 Å². The van der Waals surface area contributed by atoms with Crippen molar-refractivity contribution < 1.29 is 9.57 Å². The predicted octanol–water partition coefficient (Wildman–Crippen LogP) is 3.44. The first-order valence-corrected chi connectivity index (χ1v) is 8.06. The van der Waals surface area contributed by atoms with Gasteiger partial charge in [0.15, 0.2) is 5.13 Å². The molecule has 2 aromatic heterocycles. The summed E-state index contributed by atoms with van der Waals surface area (Å²) in [4.78, 5) is 14.0. The maximum atomic E-state index is 5.38. The van der Waals surface area contributed by atoms with Gasteiger partial charge in [-0.05, 0) is 43.5 Å². The van der Waals surface area contributed by atoms with Gasteiger partial charge in [0.05, 0.1) is 12.8 Å². The highest BCUT2D eigenvalue weighted by Gasteiger charge is 2.12. The van der Waals surface area contributed by atoms with Crippen LogP contribution in [0.1, 0.15) is 13.8 Å². The molecular weight excluding hydrogens is 312 g/mol. The molecule has 0 atom stereocenters. The Balaban J connectivity index is 2.08. The van der Waals surface area contributed by atoms with E-state index in [1.807, 2.05) is 29.6 Å². The van der Waals surface area contributed by atoms with E-state index >= 15 is 0 Å². The van der Waals surface area contributed by atoms with Crippen LogP contribution in [0.25, 0.3) is 22.2 Å². The molecule has 0 amide bonds. The minimum atomic E-state index is 0.325. The van der Waals surface area contributed by atoms with Crippen LogP contribution in [0.5, 0.6) is 11.6 Å². The first-order valence-electron chi connectivity index (χ1n) is 7.18. The molecule has 0 unspecified atom stereocenters. The summed E-state index contributed by atoms with van der Waals surface area (Å²) in [6.45, 7) is 4.14. The van der Waals surface area contributed by atoms with Crippen molar-refractivity contribution in [2.75, 3.05) is 12.4 Å². The quantitative estimate of drug-likeness (QED) is 0.697. The van der Waals surface area contributed by atoms with Gasteiger partial charge >= 0.3 is 0 Å². The first-order chi connectivity index (χ1) is 11.1. The lowest BCUT2D eigenvalue weighted by Gasteiger charge is -2.08. The number of nitrogens with zero attached hydrogens (tertiary/aromatic N) is 2. The molecule has 3 N–H and O–H groups in total. The third-order valence-electron chi connectivity index (χ3n) is 3.29. The van der Waals surface area contributed by atoms with Crippen molar-refractivity contribution in [1.29, 1.82) is 0 Å². The number of rotatable bonds is 5. The number of fused-ring (bicyclic) bond motifs is 1. The van der Waals surface area contributed by atoms with Crippen LogP contribution >= 0.6 is 11.3 Å². The number of benzene rings is 1. The van der Waals surface area contributed by atoms with Gasteiger partial charge in [-0.3, -0.25) is 0 Å². The van der Waals surface area contributed by atoms with E-state index in [9.17, 15) is 0 Å². The van der Waals surface area contributed by atoms with E-state index in [0.717, 1.165) is 27.3 Å². The summed E-state index contributed by atoms with van der Waals surface area (Å²) >= 11 is 1.54. The lowest BCUT2D eigenvalue weighted by molar-refractivity contribution is 0.326. The Bertz CT molecular complexity index is 832. The monoisotopic (exact) mass is 330 g/mol. The zero-order valence-electron chi connectivity index (χ0n) is 13.2. The first kappa shape index (κ1) is 15.5. The number of thiazole rings is 1. The van der Waals surface area contributed by atoms with Gasteiger partial charge in [0, 0.05) is 16.8 Å². The Morgan fingerprint density at radius 1 is 1.17 bits per heavy atom. The van der Waals surface area contributed by atoms with Crippen LogP contribution in [0, 0.1) is 0 Å². The zero-order chi connectivity index (χ0) is 16.4. The number of pyridine rings is 1. The molecule has 3 rings (SSSR count). The Kier molecular flexibility index (Phi) is 4.31. The van der Waals surface area contributed by atoms with E-state index in [-0.39, 0.29) is 0 Å². The van der Waals surface area contributed by atoms with Crippen molar-refractivity contribution in [3.8, 4) is 23.0 Å². The maximum Gasteiger partial charge on any atom is 0.245 e. The van der Waals surface area contributed by atoms with Gasteiger partial charge in [-0.1, -0.05) is 0 Å². The highest BCUT2D eigenvalue weighted by Crippen LogP contribution is 2.32. The number of anilines is 1. The van der Waals surface area contributed by atoms with Crippen LogP contribution < -0.4 is 20.8 Å². The van der Waals surface area contributed by atoms with E-state index in [2.05, 4.69) is 29.1 Å². The summed E-state index contributed by atoms with van der Waals surface area (Å²) in [5.74, 6) is 6.51. The SMILES string of the molecule is COc1ccc2c(ON)nc(-c3csc(NC(C)C)n3)cc2c1. The second-order valence-corrected chi connectivity index (χ2v) is 6.21. The molecule has 0 aliphatic carbocycles. The van der Waals surface area contributed by atoms with Crippen LogP contribution in [-0.4, -0.2) is 23.1 Å². The normalized spacial score (nSPS) is 11.0. The van der Waals surface area contributed by atoms with Crippen LogP contribution in [0.2, 0.25) is 0 Å². The van der Waals surface area contributed by atoms with Crippen molar-refractivity contribution in [2.45, 2.75) is 19.9 Å². The summed E-state index contributed by atoms with van der Waals surface area (Å²) < 4.78 is 5.27. The fourth-order valence-corrected chi connectivity index (χ4v) is 3.11. The number of aromatic nitrogens is 2. The molecule has 6 nitrogen and oxygen atoms in total. The van der Waals surface area contributed by atoms with E-state index < -0.39 is 0 Å². The Hall–Kier alpha value is -2.38. The molecule has 1 aromatic carbocycles. The smallest absolute Gasteiger partial charge is 0.245 e. The van der Waals surface area contributed by atoms with Crippen LogP contribution in [0.15, 0.2) is 29.6 Å². The topological polar surface area (TPSA) is 82.3 Å². The van der Waals surface area contributed by atoms with Gasteiger partial charge < -0.3 is 14.9 Å². The van der Waals surface area contributed by atoms with E-state index in [1.165, 1.54) is 0 Å². The Morgan fingerprint density at radius 2 is 2.00 bits per heavy atom. The summed E-state index contributed by atoms with van der Waals surface area (Å²) in [7, 11) is 1.63. The molecule has 3 aromatic rings. The lowest BCUT2D eigenvalue weighted by atomic mass is 10.1. The minimum absolute atomic E-state index is 0.325. The second-order valence-electron chi connectivity index (χ2n) is 5.35. The van der Waals surface area contributed by atoms with Gasteiger partial charge in [-0.25, -0.2) is 9.97 Å². The molecule has 0 spiro atoms. The fraction of sp³-hybridized carbons (Fsp3) is 0.250. The summed E-state index contributed by atoms with van der Waals surface area (Å²) in [6, 6.07) is 7.92. The number of hydrogen-bond acceptors (Lipinski definition) is 7. The molecule has 0 aliphatic heterocycles. The lowest BCUT2D eigenvalue weighted by Crippen LogP contribution is -2.09. The summed E-state index contributed by atoms with van der Waals surface area (Å²) in [6.07, 6.45) is 0. The fourth-order valence-electron chi connectivity index (χ4n) is 2.26. The van der Waals surface area contributed by atoms with Gasteiger partial charge in [0.25, 0.3) is 0 Å². The average Bonchev–Trinajstić information content (AvgIpc) is 3.00. The molecule has 7 heteroatoms. The second kappa shape index (κ2) is 6.39. The standard InChI is InChI=1S/C16H18N4O2S/c1-9(2)18-16-20-14(8-23-16)13-7-10-6-11(21-3)4-5-12(10)15(19-13)22-17/h4-9H,17H2,1-3H3,(H,18,20). The highest BCUT2D eigenvalue weighted by molar-refractivity contribution is 7.14. The van der Waals surface area contributed by atoms with Crippen molar-refractivity contribution >= 4 is 27.2 Å². The summed E-state index contributed by atoms with van der Waals surface area (Å²) in [5, 5.41) is 7.86. The molecular formula is C16H18N4O2S. The molecule has 0 fully saturated rings. The molecule has 0 aliphatic rings. The van der Waals surface area contributed by atoms with Gasteiger partial charge in [0.2, 0.25) is 5.88 Å². The highest BCUT2D eigenvalue weighted by atomic mass is 32.1. The zero-order valence-corrected chi connectivity index (χ0v) is 14.0. The van der Waals surface area contributed by atoms with E-state index in [0.29, 0.717) is 17.6 Å². The minimum Gasteiger partial charge on any atom is -0.497 e. The third kappa shape index (κ3) is 3.20. The molecule has 0 saturated heterocycles. The predicted molar refractivity (Wildman–Crippen MR) is 93.0 cm³/mol. The third-order valence-corrected chi connectivity index (χ3v) is 4.07.